The molecule has 1 aromatic heterocycles. The highest BCUT2D eigenvalue weighted by Gasteiger charge is 2.16. The molecule has 1 aliphatic rings. The van der Waals surface area contributed by atoms with Gasteiger partial charge in [0.15, 0.2) is 0 Å². The minimum absolute atomic E-state index is 0.176. The number of pyridine rings is 1. The fourth-order valence-corrected chi connectivity index (χ4v) is 1.63. The summed E-state index contributed by atoms with van der Waals surface area (Å²) in [5.41, 5.74) is 6.19. The van der Waals surface area contributed by atoms with Gasteiger partial charge in [0.25, 0.3) is 0 Å². The molecule has 0 atom stereocenters. The normalized spacial score (nSPS) is 17.1. The summed E-state index contributed by atoms with van der Waals surface area (Å²) in [5.74, 6) is 0.961. The Bertz CT molecular complexity index is 351. The van der Waals surface area contributed by atoms with Gasteiger partial charge in [0.1, 0.15) is 6.10 Å². The topological polar surface area (TPSA) is 66.6 Å². The van der Waals surface area contributed by atoms with Gasteiger partial charge in [-0.15, -0.1) is 0 Å². The van der Waals surface area contributed by atoms with E-state index in [0.29, 0.717) is 17.4 Å². The van der Waals surface area contributed by atoms with Crippen LogP contribution in [-0.4, -0.2) is 31.4 Å². The molecule has 0 bridgehead atoms. The summed E-state index contributed by atoms with van der Waals surface area (Å²) in [6.07, 6.45) is 1.97. The maximum atomic E-state index is 5.73. The molecule has 0 aromatic carbocycles. The van der Waals surface area contributed by atoms with Crippen LogP contribution in [0.5, 0.6) is 11.8 Å². The van der Waals surface area contributed by atoms with Gasteiger partial charge in [-0.2, -0.15) is 4.98 Å². The van der Waals surface area contributed by atoms with E-state index >= 15 is 0 Å². The fraction of sp³-hybridized carbons (Fsp3) is 0.545. The van der Waals surface area contributed by atoms with Gasteiger partial charge in [0.05, 0.1) is 26.0 Å². The van der Waals surface area contributed by atoms with Crippen LogP contribution in [0.25, 0.3) is 0 Å². The minimum Gasteiger partial charge on any atom is -0.479 e. The van der Waals surface area contributed by atoms with Crippen molar-refractivity contribution in [2.75, 3.05) is 26.1 Å². The van der Waals surface area contributed by atoms with Crippen LogP contribution in [0.15, 0.2) is 12.1 Å². The monoisotopic (exact) mass is 224 g/mol. The number of rotatable bonds is 3. The van der Waals surface area contributed by atoms with Crippen LogP contribution >= 0.6 is 0 Å². The van der Waals surface area contributed by atoms with E-state index in [9.17, 15) is 0 Å². The van der Waals surface area contributed by atoms with E-state index in [-0.39, 0.29) is 6.10 Å². The maximum Gasteiger partial charge on any atom is 0.240 e. The van der Waals surface area contributed by atoms with E-state index in [1.165, 1.54) is 7.11 Å². The van der Waals surface area contributed by atoms with E-state index in [0.717, 1.165) is 26.1 Å². The first-order chi connectivity index (χ1) is 7.79. The van der Waals surface area contributed by atoms with Gasteiger partial charge in [0, 0.05) is 18.9 Å². The minimum atomic E-state index is 0.176. The largest absolute Gasteiger partial charge is 0.479 e. The molecule has 5 nitrogen and oxygen atoms in total. The lowest BCUT2D eigenvalue weighted by molar-refractivity contribution is 0.0235. The van der Waals surface area contributed by atoms with Crippen LogP contribution in [0.1, 0.15) is 12.8 Å². The molecule has 2 heterocycles. The predicted octanol–water partition coefficient (Wildman–Crippen LogP) is 1.23. The second-order valence-electron chi connectivity index (χ2n) is 3.68. The van der Waals surface area contributed by atoms with Crippen molar-refractivity contribution in [1.29, 1.82) is 0 Å². The third-order valence-electron chi connectivity index (χ3n) is 2.51. The molecule has 0 saturated carbocycles. The first-order valence-electron chi connectivity index (χ1n) is 5.34. The summed E-state index contributed by atoms with van der Waals surface area (Å²) in [5, 5.41) is 0. The lowest BCUT2D eigenvalue weighted by Gasteiger charge is -2.22. The average Bonchev–Trinajstić information content (AvgIpc) is 2.33. The molecule has 1 saturated heterocycles. The SMILES string of the molecule is COc1nc(OC2CCOCC2)ccc1N. The van der Waals surface area contributed by atoms with E-state index in [1.807, 2.05) is 0 Å². The molecule has 1 fully saturated rings. The molecule has 5 heteroatoms. The van der Waals surface area contributed by atoms with Crippen molar-refractivity contribution in [3.8, 4) is 11.8 Å². The molecule has 1 aliphatic heterocycles. The maximum absolute atomic E-state index is 5.73. The summed E-state index contributed by atoms with van der Waals surface area (Å²) in [6.45, 7) is 1.49. The van der Waals surface area contributed by atoms with E-state index in [2.05, 4.69) is 4.98 Å². The molecule has 0 unspecified atom stereocenters. The molecule has 0 radical (unpaired) electrons. The zero-order valence-corrected chi connectivity index (χ0v) is 9.31. The number of anilines is 1. The van der Waals surface area contributed by atoms with Crippen molar-refractivity contribution in [3.63, 3.8) is 0 Å². The van der Waals surface area contributed by atoms with Crippen molar-refractivity contribution in [2.24, 2.45) is 0 Å². The van der Waals surface area contributed by atoms with E-state index in [4.69, 9.17) is 19.9 Å². The Morgan fingerprint density at radius 1 is 1.38 bits per heavy atom. The van der Waals surface area contributed by atoms with E-state index in [1.54, 1.807) is 12.1 Å². The molecule has 16 heavy (non-hydrogen) atoms. The van der Waals surface area contributed by atoms with Crippen LogP contribution in [0, 0.1) is 0 Å². The molecule has 0 spiro atoms. The average molecular weight is 224 g/mol. The van der Waals surface area contributed by atoms with Gasteiger partial charge in [0.2, 0.25) is 11.8 Å². The third-order valence-corrected chi connectivity index (χ3v) is 2.51. The quantitative estimate of drug-likeness (QED) is 0.836. The highest BCUT2D eigenvalue weighted by atomic mass is 16.5. The molecule has 2 rings (SSSR count). The number of ether oxygens (including phenoxy) is 3. The summed E-state index contributed by atoms with van der Waals surface area (Å²) in [7, 11) is 1.54. The summed E-state index contributed by atoms with van der Waals surface area (Å²) in [4.78, 5) is 4.17. The Morgan fingerprint density at radius 2 is 2.12 bits per heavy atom. The van der Waals surface area contributed by atoms with Crippen molar-refractivity contribution < 1.29 is 14.2 Å². The zero-order valence-electron chi connectivity index (χ0n) is 9.31. The van der Waals surface area contributed by atoms with Crippen LogP contribution in [-0.2, 0) is 4.74 Å². The van der Waals surface area contributed by atoms with Crippen molar-refractivity contribution in [1.82, 2.24) is 4.98 Å². The number of hydrogen-bond acceptors (Lipinski definition) is 5. The van der Waals surface area contributed by atoms with Crippen molar-refractivity contribution >= 4 is 5.69 Å². The van der Waals surface area contributed by atoms with Gasteiger partial charge in [-0.3, -0.25) is 0 Å². The second kappa shape index (κ2) is 5.03. The van der Waals surface area contributed by atoms with Crippen molar-refractivity contribution in [3.05, 3.63) is 12.1 Å². The number of nitrogens with two attached hydrogens (primary N) is 1. The van der Waals surface area contributed by atoms with Crippen molar-refractivity contribution in [2.45, 2.75) is 18.9 Å². The second-order valence-corrected chi connectivity index (χ2v) is 3.68. The van der Waals surface area contributed by atoms with Gasteiger partial charge < -0.3 is 19.9 Å². The fourth-order valence-electron chi connectivity index (χ4n) is 1.63. The molecule has 1 aromatic rings. The molecular formula is C11H16N2O3. The number of nitrogen functional groups attached to an aromatic ring is 1. The lowest BCUT2D eigenvalue weighted by atomic mass is 10.1. The van der Waals surface area contributed by atoms with Gasteiger partial charge in [-0.25, -0.2) is 0 Å². The molecular weight excluding hydrogens is 208 g/mol. The molecule has 2 N–H and O–H groups in total. The number of hydrogen-bond donors (Lipinski definition) is 1. The Balaban J connectivity index is 2.03. The Morgan fingerprint density at radius 3 is 2.81 bits per heavy atom. The van der Waals surface area contributed by atoms with Crippen LogP contribution in [0.4, 0.5) is 5.69 Å². The first kappa shape index (κ1) is 11.0. The Labute approximate surface area is 94.5 Å². The van der Waals surface area contributed by atoms with Gasteiger partial charge in [-0.1, -0.05) is 0 Å². The van der Waals surface area contributed by atoms with Gasteiger partial charge in [-0.05, 0) is 6.07 Å². The summed E-state index contributed by atoms with van der Waals surface area (Å²) >= 11 is 0. The lowest BCUT2D eigenvalue weighted by Crippen LogP contribution is -2.26. The van der Waals surface area contributed by atoms with E-state index < -0.39 is 0 Å². The highest BCUT2D eigenvalue weighted by Crippen LogP contribution is 2.23. The Hall–Kier alpha value is -1.49. The summed E-state index contributed by atoms with van der Waals surface area (Å²) in [6, 6.07) is 3.49. The van der Waals surface area contributed by atoms with Crippen LogP contribution < -0.4 is 15.2 Å². The zero-order chi connectivity index (χ0) is 11.4. The molecule has 0 aliphatic carbocycles. The smallest absolute Gasteiger partial charge is 0.240 e. The highest BCUT2D eigenvalue weighted by molar-refractivity contribution is 5.49. The third kappa shape index (κ3) is 2.55. The summed E-state index contributed by atoms with van der Waals surface area (Å²) < 4.78 is 16.0. The van der Waals surface area contributed by atoms with Crippen LogP contribution in [0.2, 0.25) is 0 Å². The standard InChI is InChI=1S/C11H16N2O3/c1-14-11-9(12)2-3-10(13-11)16-8-4-6-15-7-5-8/h2-3,8H,4-7,12H2,1H3. The van der Waals surface area contributed by atoms with Gasteiger partial charge >= 0.3 is 0 Å². The Kier molecular flexibility index (Phi) is 3.46. The molecule has 88 valence electrons. The van der Waals surface area contributed by atoms with Crippen LogP contribution in [0.3, 0.4) is 0 Å². The number of methoxy groups -OCH3 is 1. The predicted molar refractivity (Wildman–Crippen MR) is 59.7 cm³/mol. The number of aromatic nitrogens is 1. The molecule has 0 amide bonds. The first-order valence-corrected chi connectivity index (χ1v) is 5.34. The number of nitrogens with zero attached hydrogens (tertiary/aromatic N) is 1.